The van der Waals surface area contributed by atoms with Crippen molar-refractivity contribution in [2.45, 2.75) is 25.9 Å². The first-order valence-corrected chi connectivity index (χ1v) is 9.23. The van der Waals surface area contributed by atoms with Crippen molar-refractivity contribution in [3.8, 4) is 5.88 Å². The van der Waals surface area contributed by atoms with E-state index in [1.165, 1.54) is 0 Å². The Morgan fingerprint density at radius 3 is 2.46 bits per heavy atom. The minimum atomic E-state index is -0.423. The summed E-state index contributed by atoms with van der Waals surface area (Å²) in [6.07, 6.45) is 1.38. The Morgan fingerprint density at radius 1 is 1.11 bits per heavy atom. The first-order valence-electron chi connectivity index (χ1n) is 9.23. The smallest absolute Gasteiger partial charge is 0.262 e. The molecule has 2 aliphatic rings. The van der Waals surface area contributed by atoms with Gasteiger partial charge in [0.1, 0.15) is 12.6 Å². The quantitative estimate of drug-likeness (QED) is 0.746. The average molecular weight is 380 g/mol. The minimum Gasteiger partial charge on any atom is -0.471 e. The average Bonchev–Trinajstić information content (AvgIpc) is 2.95. The zero-order valence-electron chi connectivity index (χ0n) is 15.5. The Kier molecular flexibility index (Phi) is 4.77. The molecular weight excluding hydrogens is 360 g/mol. The van der Waals surface area contributed by atoms with Gasteiger partial charge in [-0.3, -0.25) is 19.3 Å². The molecule has 0 radical (unpaired) electrons. The molecule has 2 aliphatic heterocycles. The van der Waals surface area contributed by atoms with Crippen molar-refractivity contribution < 1.29 is 19.1 Å². The van der Waals surface area contributed by atoms with Gasteiger partial charge in [-0.1, -0.05) is 12.1 Å². The van der Waals surface area contributed by atoms with E-state index in [1.54, 1.807) is 35.2 Å². The number of benzene rings is 1. The van der Waals surface area contributed by atoms with Gasteiger partial charge in [-0.15, -0.1) is 5.10 Å². The maximum Gasteiger partial charge on any atom is 0.262 e. The molecule has 0 aliphatic carbocycles. The van der Waals surface area contributed by atoms with Gasteiger partial charge in [-0.05, 0) is 38.0 Å². The number of hydrogen-bond acceptors (Lipinski definition) is 6. The fraction of sp³-hybridized carbons (Fsp3) is 0.350. The van der Waals surface area contributed by atoms with Crippen LogP contribution in [0.3, 0.4) is 0 Å². The number of nitrogens with zero attached hydrogens (tertiary/aromatic N) is 4. The van der Waals surface area contributed by atoms with Crippen LogP contribution in [0.1, 0.15) is 39.3 Å². The normalized spacial score (nSPS) is 19.0. The second-order valence-corrected chi connectivity index (χ2v) is 6.98. The number of hydrogen-bond donors (Lipinski definition) is 0. The molecule has 1 fully saturated rings. The second kappa shape index (κ2) is 7.38. The third-order valence-electron chi connectivity index (χ3n) is 4.96. The molecule has 8 nitrogen and oxygen atoms in total. The van der Waals surface area contributed by atoms with Gasteiger partial charge in [0, 0.05) is 12.6 Å². The van der Waals surface area contributed by atoms with E-state index in [2.05, 4.69) is 10.2 Å². The number of amides is 3. The van der Waals surface area contributed by atoms with Crippen LogP contribution in [-0.2, 0) is 4.79 Å². The summed E-state index contributed by atoms with van der Waals surface area (Å²) in [6, 6.07) is 10.2. The molecule has 1 aromatic carbocycles. The maximum absolute atomic E-state index is 12.7. The van der Waals surface area contributed by atoms with Gasteiger partial charge in [0.2, 0.25) is 11.8 Å². The highest BCUT2D eigenvalue weighted by Gasteiger charge is 2.37. The molecule has 4 rings (SSSR count). The predicted molar refractivity (Wildman–Crippen MR) is 98.8 cm³/mol. The van der Waals surface area contributed by atoms with Crippen molar-refractivity contribution >= 4 is 17.7 Å². The number of piperidine rings is 1. The molecule has 144 valence electrons. The molecule has 0 N–H and O–H groups in total. The SMILES string of the molecule is Cc1ccc(OC2CCCN(C(=O)CN3C(=O)c4ccccc4C3=O)C2)nn1. The Hall–Kier alpha value is -3.29. The minimum absolute atomic E-state index is 0.197. The van der Waals surface area contributed by atoms with Gasteiger partial charge in [-0.2, -0.15) is 5.10 Å². The highest BCUT2D eigenvalue weighted by Crippen LogP contribution is 2.23. The van der Waals surface area contributed by atoms with Crippen molar-refractivity contribution in [3.63, 3.8) is 0 Å². The van der Waals surface area contributed by atoms with Gasteiger partial charge < -0.3 is 9.64 Å². The lowest BCUT2D eigenvalue weighted by Gasteiger charge is -2.33. The van der Waals surface area contributed by atoms with Crippen LogP contribution in [0.4, 0.5) is 0 Å². The summed E-state index contributed by atoms with van der Waals surface area (Å²) in [6.45, 7) is 2.54. The molecule has 3 heterocycles. The maximum atomic E-state index is 12.7. The van der Waals surface area contributed by atoms with Crippen LogP contribution < -0.4 is 4.74 Å². The number of carbonyl (C=O) groups excluding carboxylic acids is 3. The third kappa shape index (κ3) is 3.45. The summed E-state index contributed by atoms with van der Waals surface area (Å²) in [5, 5.41) is 7.96. The van der Waals surface area contributed by atoms with Crippen LogP contribution in [0.15, 0.2) is 36.4 Å². The summed E-state index contributed by atoms with van der Waals surface area (Å²) >= 11 is 0. The molecule has 0 spiro atoms. The lowest BCUT2D eigenvalue weighted by atomic mass is 10.1. The topological polar surface area (TPSA) is 92.7 Å². The summed E-state index contributed by atoms with van der Waals surface area (Å²) in [7, 11) is 0. The van der Waals surface area contributed by atoms with Gasteiger partial charge in [0.05, 0.1) is 23.4 Å². The van der Waals surface area contributed by atoms with Crippen molar-refractivity contribution in [1.82, 2.24) is 20.0 Å². The lowest BCUT2D eigenvalue weighted by Crippen LogP contribution is -2.49. The van der Waals surface area contributed by atoms with Crippen LogP contribution in [0.2, 0.25) is 0 Å². The zero-order chi connectivity index (χ0) is 19.7. The van der Waals surface area contributed by atoms with Crippen molar-refractivity contribution in [2.75, 3.05) is 19.6 Å². The molecule has 0 bridgehead atoms. The highest BCUT2D eigenvalue weighted by atomic mass is 16.5. The standard InChI is InChI=1S/C20H20N4O4/c1-13-8-9-17(22-21-13)28-14-5-4-10-23(11-14)18(25)12-24-19(26)15-6-2-3-7-16(15)20(24)27/h2-3,6-9,14H,4-5,10-12H2,1H3. The summed E-state index contributed by atoms with van der Waals surface area (Å²) in [5.74, 6) is -0.689. The van der Waals surface area contributed by atoms with Crippen LogP contribution in [0, 0.1) is 6.92 Å². The number of fused-ring (bicyclic) bond motifs is 1. The van der Waals surface area contributed by atoms with E-state index in [4.69, 9.17) is 4.74 Å². The number of aryl methyl sites for hydroxylation is 1. The number of likely N-dealkylation sites (tertiary alicyclic amines) is 1. The molecular formula is C20H20N4O4. The van der Waals surface area contributed by atoms with Gasteiger partial charge in [0.25, 0.3) is 11.8 Å². The van der Waals surface area contributed by atoms with Crippen LogP contribution in [0.25, 0.3) is 0 Å². The Bertz CT molecular complexity index is 893. The van der Waals surface area contributed by atoms with Gasteiger partial charge >= 0.3 is 0 Å². The molecule has 1 saturated heterocycles. The molecule has 28 heavy (non-hydrogen) atoms. The molecule has 3 amide bonds. The fourth-order valence-electron chi connectivity index (χ4n) is 3.50. The molecule has 8 heteroatoms. The monoisotopic (exact) mass is 380 g/mol. The molecule has 1 atom stereocenters. The first-order chi connectivity index (χ1) is 13.5. The van der Waals surface area contributed by atoms with E-state index in [1.807, 2.05) is 13.0 Å². The Labute approximate surface area is 162 Å². The van der Waals surface area contributed by atoms with Gasteiger partial charge in [0.15, 0.2) is 0 Å². The molecule has 1 aromatic heterocycles. The largest absolute Gasteiger partial charge is 0.471 e. The second-order valence-electron chi connectivity index (χ2n) is 6.98. The van der Waals surface area contributed by atoms with Crippen LogP contribution >= 0.6 is 0 Å². The van der Waals surface area contributed by atoms with E-state index < -0.39 is 11.8 Å². The van der Waals surface area contributed by atoms with E-state index in [9.17, 15) is 14.4 Å². The summed E-state index contributed by atoms with van der Waals surface area (Å²) < 4.78 is 5.84. The Balaban J connectivity index is 1.39. The van der Waals surface area contributed by atoms with E-state index in [-0.39, 0.29) is 18.6 Å². The first kappa shape index (κ1) is 18.1. The lowest BCUT2D eigenvalue weighted by molar-refractivity contribution is -0.134. The zero-order valence-corrected chi connectivity index (χ0v) is 15.5. The van der Waals surface area contributed by atoms with E-state index in [0.29, 0.717) is 30.1 Å². The molecule has 2 aromatic rings. The van der Waals surface area contributed by atoms with Crippen molar-refractivity contribution in [3.05, 3.63) is 53.2 Å². The number of imide groups is 1. The summed E-state index contributed by atoms with van der Waals surface area (Å²) in [5.41, 5.74) is 1.49. The fourth-order valence-corrected chi connectivity index (χ4v) is 3.50. The molecule has 0 saturated carbocycles. The van der Waals surface area contributed by atoms with Crippen LogP contribution in [-0.4, -0.2) is 63.5 Å². The number of ether oxygens (including phenoxy) is 1. The van der Waals surface area contributed by atoms with E-state index >= 15 is 0 Å². The van der Waals surface area contributed by atoms with Crippen molar-refractivity contribution in [2.24, 2.45) is 0 Å². The number of carbonyl (C=O) groups is 3. The summed E-state index contributed by atoms with van der Waals surface area (Å²) in [4.78, 5) is 40.3. The number of aromatic nitrogens is 2. The highest BCUT2D eigenvalue weighted by molar-refractivity contribution is 6.22. The number of rotatable bonds is 4. The molecule has 1 unspecified atom stereocenters. The van der Waals surface area contributed by atoms with E-state index in [0.717, 1.165) is 23.4 Å². The third-order valence-corrected chi connectivity index (χ3v) is 4.96. The van der Waals surface area contributed by atoms with Crippen LogP contribution in [0.5, 0.6) is 5.88 Å². The van der Waals surface area contributed by atoms with Gasteiger partial charge in [-0.25, -0.2) is 0 Å². The predicted octanol–water partition coefficient (Wildman–Crippen LogP) is 1.45. The Morgan fingerprint density at radius 2 is 1.82 bits per heavy atom. The van der Waals surface area contributed by atoms with Crippen molar-refractivity contribution in [1.29, 1.82) is 0 Å².